The molecule has 2 heterocycles. The molecule has 1 N–H and O–H groups in total. The summed E-state index contributed by atoms with van der Waals surface area (Å²) in [6.07, 6.45) is 8.84. The number of amides is 1. The molecule has 7 nitrogen and oxygen atoms in total. The largest absolute Gasteiger partial charge is 0.495 e. The SMILES string of the molecule is COc1ccc(C=CC(=O)Nc2cccnc2)cc1S(=O)(=O)N1CCCCC1. The third-order valence-corrected chi connectivity index (χ3v) is 6.40. The van der Waals surface area contributed by atoms with Crippen molar-refractivity contribution in [3.05, 3.63) is 54.4 Å². The number of ether oxygens (including phenoxy) is 1. The molecule has 3 rings (SSSR count). The molecule has 0 atom stereocenters. The van der Waals surface area contributed by atoms with Crippen LogP contribution in [-0.2, 0) is 14.8 Å². The number of aromatic nitrogens is 1. The molecule has 0 spiro atoms. The van der Waals surface area contributed by atoms with Crippen LogP contribution in [0.1, 0.15) is 24.8 Å². The van der Waals surface area contributed by atoms with Crippen molar-refractivity contribution in [2.75, 3.05) is 25.5 Å². The monoisotopic (exact) mass is 401 g/mol. The van der Waals surface area contributed by atoms with Gasteiger partial charge in [0, 0.05) is 25.4 Å². The molecule has 0 radical (unpaired) electrons. The van der Waals surface area contributed by atoms with E-state index in [-0.39, 0.29) is 10.8 Å². The fraction of sp³-hybridized carbons (Fsp3) is 0.300. The summed E-state index contributed by atoms with van der Waals surface area (Å²) < 4.78 is 32.8. The van der Waals surface area contributed by atoms with Crippen LogP contribution in [0.15, 0.2) is 53.7 Å². The van der Waals surface area contributed by atoms with Crippen molar-refractivity contribution in [2.24, 2.45) is 0 Å². The smallest absolute Gasteiger partial charge is 0.248 e. The topological polar surface area (TPSA) is 88.6 Å². The number of sulfonamides is 1. The van der Waals surface area contributed by atoms with Gasteiger partial charge in [0.15, 0.2) is 0 Å². The summed E-state index contributed by atoms with van der Waals surface area (Å²) in [6, 6.07) is 8.31. The van der Waals surface area contributed by atoms with Gasteiger partial charge in [-0.2, -0.15) is 4.31 Å². The number of carbonyl (C=O) groups is 1. The lowest BCUT2D eigenvalue weighted by Crippen LogP contribution is -2.35. The maximum Gasteiger partial charge on any atom is 0.248 e. The zero-order valence-corrected chi connectivity index (χ0v) is 16.5. The van der Waals surface area contributed by atoms with E-state index in [1.807, 2.05) is 0 Å². The number of nitrogens with one attached hydrogen (secondary N) is 1. The predicted octanol–water partition coefficient (Wildman–Crippen LogP) is 2.92. The molecule has 1 saturated heterocycles. The number of pyridine rings is 1. The van der Waals surface area contributed by atoms with E-state index in [0.717, 1.165) is 19.3 Å². The van der Waals surface area contributed by atoms with Crippen molar-refractivity contribution >= 4 is 27.7 Å². The molecule has 1 aromatic heterocycles. The summed E-state index contributed by atoms with van der Waals surface area (Å²) in [5.74, 6) is -0.0354. The van der Waals surface area contributed by atoms with E-state index in [2.05, 4.69) is 10.3 Å². The number of hydrogen-bond acceptors (Lipinski definition) is 5. The van der Waals surface area contributed by atoms with E-state index in [1.54, 1.807) is 42.7 Å². The Morgan fingerprint density at radius 2 is 2.00 bits per heavy atom. The molecule has 2 aromatic rings. The van der Waals surface area contributed by atoms with Crippen molar-refractivity contribution in [3.63, 3.8) is 0 Å². The second-order valence-electron chi connectivity index (χ2n) is 6.44. The second-order valence-corrected chi connectivity index (χ2v) is 8.35. The van der Waals surface area contributed by atoms with Gasteiger partial charge in [-0.3, -0.25) is 9.78 Å². The summed E-state index contributed by atoms with van der Waals surface area (Å²) >= 11 is 0. The first-order valence-corrected chi connectivity index (χ1v) is 10.5. The molecule has 1 fully saturated rings. The standard InChI is InChI=1S/C20H23N3O4S/c1-27-18-9-7-16(8-10-20(24)22-17-6-5-11-21-15-17)14-19(18)28(25,26)23-12-3-2-4-13-23/h5-11,14-15H,2-4,12-13H2,1H3,(H,22,24). The van der Waals surface area contributed by atoms with Gasteiger partial charge in [-0.25, -0.2) is 8.42 Å². The number of anilines is 1. The third-order valence-electron chi connectivity index (χ3n) is 4.48. The number of methoxy groups -OCH3 is 1. The number of nitrogens with zero attached hydrogens (tertiary/aromatic N) is 2. The number of carbonyl (C=O) groups excluding carboxylic acids is 1. The Bertz CT molecular complexity index is 953. The molecular formula is C20H23N3O4S. The normalized spacial score (nSPS) is 15.5. The molecular weight excluding hydrogens is 378 g/mol. The van der Waals surface area contributed by atoms with Crippen LogP contribution in [0.5, 0.6) is 5.75 Å². The minimum absolute atomic E-state index is 0.117. The van der Waals surface area contributed by atoms with Crippen LogP contribution in [-0.4, -0.2) is 43.8 Å². The number of piperidine rings is 1. The Kier molecular flexibility index (Phi) is 6.43. The van der Waals surface area contributed by atoms with Crippen LogP contribution >= 0.6 is 0 Å². The zero-order valence-electron chi connectivity index (χ0n) is 15.7. The second kappa shape index (κ2) is 8.99. The maximum atomic E-state index is 13.0. The van der Waals surface area contributed by atoms with Crippen LogP contribution in [0.2, 0.25) is 0 Å². The molecule has 0 bridgehead atoms. The minimum atomic E-state index is -3.65. The van der Waals surface area contributed by atoms with E-state index in [1.165, 1.54) is 23.6 Å². The van der Waals surface area contributed by atoms with Crippen molar-refractivity contribution in [3.8, 4) is 5.75 Å². The van der Waals surface area contributed by atoms with E-state index in [9.17, 15) is 13.2 Å². The molecule has 0 saturated carbocycles. The molecule has 1 aromatic carbocycles. The van der Waals surface area contributed by atoms with Gasteiger partial charge in [-0.1, -0.05) is 12.5 Å². The lowest BCUT2D eigenvalue weighted by Gasteiger charge is -2.26. The summed E-state index contributed by atoms with van der Waals surface area (Å²) in [7, 11) is -2.20. The number of hydrogen-bond donors (Lipinski definition) is 1. The Morgan fingerprint density at radius 1 is 1.21 bits per heavy atom. The van der Waals surface area contributed by atoms with Gasteiger partial charge in [0.05, 0.1) is 19.0 Å². The first-order valence-electron chi connectivity index (χ1n) is 9.08. The van der Waals surface area contributed by atoms with Crippen LogP contribution in [0.4, 0.5) is 5.69 Å². The van der Waals surface area contributed by atoms with Crippen LogP contribution in [0.25, 0.3) is 6.08 Å². The lowest BCUT2D eigenvalue weighted by molar-refractivity contribution is -0.111. The molecule has 28 heavy (non-hydrogen) atoms. The van der Waals surface area contributed by atoms with Crippen LogP contribution in [0, 0.1) is 0 Å². The van der Waals surface area contributed by atoms with Gasteiger partial charge < -0.3 is 10.1 Å². The number of benzene rings is 1. The highest BCUT2D eigenvalue weighted by Gasteiger charge is 2.28. The molecule has 0 aliphatic carbocycles. The van der Waals surface area contributed by atoms with Gasteiger partial charge in [0.25, 0.3) is 0 Å². The fourth-order valence-corrected chi connectivity index (χ4v) is 4.74. The minimum Gasteiger partial charge on any atom is -0.495 e. The quantitative estimate of drug-likeness (QED) is 0.752. The van der Waals surface area contributed by atoms with Gasteiger partial charge >= 0.3 is 0 Å². The molecule has 1 aliphatic rings. The Morgan fingerprint density at radius 3 is 2.68 bits per heavy atom. The molecule has 0 unspecified atom stereocenters. The van der Waals surface area contributed by atoms with E-state index in [0.29, 0.717) is 30.1 Å². The Labute approximate surface area is 165 Å². The summed E-state index contributed by atoms with van der Waals surface area (Å²) in [6.45, 7) is 1.03. The summed E-state index contributed by atoms with van der Waals surface area (Å²) in [4.78, 5) is 16.1. The average molecular weight is 401 g/mol. The maximum absolute atomic E-state index is 13.0. The molecule has 148 valence electrons. The highest BCUT2D eigenvalue weighted by atomic mass is 32.2. The van der Waals surface area contributed by atoms with Crippen molar-refractivity contribution in [1.29, 1.82) is 0 Å². The number of rotatable bonds is 6. The first kappa shape index (κ1) is 20.0. The zero-order chi connectivity index (χ0) is 20.0. The van der Waals surface area contributed by atoms with Crippen molar-refractivity contribution in [2.45, 2.75) is 24.2 Å². The van der Waals surface area contributed by atoms with Gasteiger partial charge in [-0.05, 0) is 48.7 Å². The Hall–Kier alpha value is -2.71. The fourth-order valence-electron chi connectivity index (χ4n) is 3.04. The van der Waals surface area contributed by atoms with Gasteiger partial charge in [-0.15, -0.1) is 0 Å². The van der Waals surface area contributed by atoms with E-state index >= 15 is 0 Å². The molecule has 8 heteroatoms. The van der Waals surface area contributed by atoms with Crippen molar-refractivity contribution < 1.29 is 17.9 Å². The highest BCUT2D eigenvalue weighted by molar-refractivity contribution is 7.89. The van der Waals surface area contributed by atoms with E-state index in [4.69, 9.17) is 4.74 Å². The summed E-state index contributed by atoms with van der Waals surface area (Å²) in [5.41, 5.74) is 1.18. The first-order chi connectivity index (χ1) is 13.5. The lowest BCUT2D eigenvalue weighted by atomic mass is 10.2. The highest BCUT2D eigenvalue weighted by Crippen LogP contribution is 2.30. The van der Waals surface area contributed by atoms with Gasteiger partial charge in [0.1, 0.15) is 10.6 Å². The molecule has 1 aliphatic heterocycles. The summed E-state index contributed by atoms with van der Waals surface area (Å²) in [5, 5.41) is 2.69. The van der Waals surface area contributed by atoms with Crippen LogP contribution < -0.4 is 10.1 Å². The van der Waals surface area contributed by atoms with Crippen LogP contribution in [0.3, 0.4) is 0 Å². The third kappa shape index (κ3) is 4.76. The Balaban J connectivity index is 1.81. The average Bonchev–Trinajstić information content (AvgIpc) is 2.73. The van der Waals surface area contributed by atoms with Gasteiger partial charge in [0.2, 0.25) is 15.9 Å². The molecule has 1 amide bonds. The predicted molar refractivity (Wildman–Crippen MR) is 108 cm³/mol. The van der Waals surface area contributed by atoms with Crippen molar-refractivity contribution in [1.82, 2.24) is 9.29 Å². The van der Waals surface area contributed by atoms with E-state index < -0.39 is 10.0 Å².